The predicted molar refractivity (Wildman–Crippen MR) is 85.8 cm³/mol. The number of halogens is 1. The number of benzene rings is 2. The Balaban J connectivity index is 2.34. The molecule has 0 aliphatic rings. The number of ether oxygens (including phenoxy) is 1. The van der Waals surface area contributed by atoms with Crippen LogP contribution >= 0.6 is 0 Å². The lowest BCUT2D eigenvalue weighted by Crippen LogP contribution is -2.08. The van der Waals surface area contributed by atoms with Crippen LogP contribution in [-0.2, 0) is 0 Å². The molecule has 0 unspecified atom stereocenters. The molecule has 0 heterocycles. The lowest BCUT2D eigenvalue weighted by molar-refractivity contribution is 0.231. The number of hydrogen-bond donors (Lipinski definition) is 2. The second-order valence-electron chi connectivity index (χ2n) is 5.48. The topological polar surface area (TPSA) is 47.3 Å². The van der Waals surface area contributed by atoms with E-state index in [-0.39, 0.29) is 11.9 Å². The molecule has 0 atom stereocenters. The van der Waals surface area contributed by atoms with Gasteiger partial charge >= 0.3 is 0 Å². The molecule has 21 heavy (non-hydrogen) atoms. The smallest absolute Gasteiger partial charge is 0.167 e. The quantitative estimate of drug-likeness (QED) is 0.811. The summed E-state index contributed by atoms with van der Waals surface area (Å²) in [5.41, 5.74) is 10.1. The number of hydrogen-bond acceptors (Lipinski definition) is 3. The van der Waals surface area contributed by atoms with Crippen molar-refractivity contribution in [1.29, 1.82) is 0 Å². The van der Waals surface area contributed by atoms with Crippen molar-refractivity contribution in [2.45, 2.75) is 33.8 Å². The van der Waals surface area contributed by atoms with Crippen molar-refractivity contribution >= 4 is 17.1 Å². The molecule has 0 spiro atoms. The first-order chi connectivity index (χ1) is 9.86. The molecule has 0 aliphatic carbocycles. The highest BCUT2D eigenvalue weighted by Gasteiger charge is 2.11. The van der Waals surface area contributed by atoms with E-state index in [9.17, 15) is 4.39 Å². The van der Waals surface area contributed by atoms with Crippen LogP contribution in [0.25, 0.3) is 0 Å². The molecule has 0 saturated carbocycles. The van der Waals surface area contributed by atoms with E-state index in [0.29, 0.717) is 11.4 Å². The van der Waals surface area contributed by atoms with Crippen molar-refractivity contribution < 1.29 is 9.13 Å². The Morgan fingerprint density at radius 1 is 1.10 bits per heavy atom. The van der Waals surface area contributed by atoms with E-state index in [1.165, 1.54) is 11.6 Å². The summed E-state index contributed by atoms with van der Waals surface area (Å²) in [6.45, 7) is 7.76. The van der Waals surface area contributed by atoms with Gasteiger partial charge in [0.15, 0.2) is 11.6 Å². The predicted octanol–water partition coefficient (Wildman–Crippen LogP) is 4.56. The van der Waals surface area contributed by atoms with Gasteiger partial charge < -0.3 is 15.8 Å². The fourth-order valence-electron chi connectivity index (χ4n) is 2.12. The van der Waals surface area contributed by atoms with Crippen LogP contribution < -0.4 is 15.8 Å². The van der Waals surface area contributed by atoms with E-state index < -0.39 is 5.82 Å². The fraction of sp³-hybridized carbons (Fsp3) is 0.294. The SMILES string of the molecule is Cc1ccc(Nc2cc(OC(C)C)c(F)cc2N)c(C)c1. The van der Waals surface area contributed by atoms with Crippen molar-refractivity contribution in [3.8, 4) is 5.75 Å². The summed E-state index contributed by atoms with van der Waals surface area (Å²) in [4.78, 5) is 0. The number of nitrogens with one attached hydrogen (secondary N) is 1. The molecule has 112 valence electrons. The molecule has 0 saturated heterocycles. The van der Waals surface area contributed by atoms with Gasteiger partial charge in [0.25, 0.3) is 0 Å². The molecule has 0 aromatic heterocycles. The first kappa shape index (κ1) is 15.2. The van der Waals surface area contributed by atoms with E-state index in [1.807, 2.05) is 39.8 Å². The monoisotopic (exact) mass is 288 g/mol. The standard InChI is InChI=1S/C17H21FN2O/c1-10(2)21-17-9-16(14(19)8-13(17)18)20-15-6-5-11(3)7-12(15)4/h5-10,20H,19H2,1-4H3. The Bertz CT molecular complexity index is 653. The van der Waals surface area contributed by atoms with E-state index in [1.54, 1.807) is 6.07 Å². The lowest BCUT2D eigenvalue weighted by Gasteiger charge is -2.16. The van der Waals surface area contributed by atoms with Gasteiger partial charge in [-0.3, -0.25) is 0 Å². The van der Waals surface area contributed by atoms with Gasteiger partial charge in [-0.25, -0.2) is 4.39 Å². The summed E-state index contributed by atoms with van der Waals surface area (Å²) in [5, 5.41) is 3.24. The van der Waals surface area contributed by atoms with E-state index in [4.69, 9.17) is 10.5 Å². The van der Waals surface area contributed by atoms with Crippen molar-refractivity contribution in [1.82, 2.24) is 0 Å². The minimum Gasteiger partial charge on any atom is -0.488 e. The van der Waals surface area contributed by atoms with Gasteiger partial charge in [-0.1, -0.05) is 17.7 Å². The van der Waals surface area contributed by atoms with Crippen LogP contribution in [0.15, 0.2) is 30.3 Å². The van der Waals surface area contributed by atoms with Gasteiger partial charge in [-0.2, -0.15) is 0 Å². The Labute approximate surface area is 124 Å². The molecule has 3 nitrogen and oxygen atoms in total. The van der Waals surface area contributed by atoms with Crippen LogP contribution in [0.4, 0.5) is 21.5 Å². The summed E-state index contributed by atoms with van der Waals surface area (Å²) in [7, 11) is 0. The third kappa shape index (κ3) is 3.66. The second-order valence-corrected chi connectivity index (χ2v) is 5.48. The highest BCUT2D eigenvalue weighted by Crippen LogP contribution is 2.32. The Kier molecular flexibility index (Phi) is 4.36. The minimum atomic E-state index is -0.452. The summed E-state index contributed by atoms with van der Waals surface area (Å²) in [6.07, 6.45) is -0.0999. The molecule has 2 aromatic rings. The first-order valence-electron chi connectivity index (χ1n) is 6.96. The van der Waals surface area contributed by atoms with E-state index in [0.717, 1.165) is 11.3 Å². The van der Waals surface area contributed by atoms with Crippen molar-refractivity contribution in [2.75, 3.05) is 11.1 Å². The maximum Gasteiger partial charge on any atom is 0.167 e. The molecular weight excluding hydrogens is 267 g/mol. The molecule has 0 fully saturated rings. The maximum absolute atomic E-state index is 13.8. The number of aryl methyl sites for hydroxylation is 2. The molecule has 4 heteroatoms. The third-order valence-corrected chi connectivity index (χ3v) is 3.12. The summed E-state index contributed by atoms with van der Waals surface area (Å²) >= 11 is 0. The maximum atomic E-state index is 13.8. The van der Waals surface area contributed by atoms with Crippen LogP contribution in [-0.4, -0.2) is 6.10 Å². The summed E-state index contributed by atoms with van der Waals surface area (Å²) in [6, 6.07) is 8.96. The molecule has 2 aromatic carbocycles. The van der Waals surface area contributed by atoms with Crippen LogP contribution in [0.3, 0.4) is 0 Å². The fourth-order valence-corrected chi connectivity index (χ4v) is 2.12. The zero-order chi connectivity index (χ0) is 15.6. The van der Waals surface area contributed by atoms with Gasteiger partial charge in [0, 0.05) is 17.8 Å². The Hall–Kier alpha value is -2.23. The molecular formula is C17H21FN2O. The average molecular weight is 288 g/mol. The number of nitrogen functional groups attached to an aromatic ring is 1. The van der Waals surface area contributed by atoms with Crippen LogP contribution in [0.1, 0.15) is 25.0 Å². The van der Waals surface area contributed by atoms with Crippen molar-refractivity contribution in [2.24, 2.45) is 0 Å². The summed E-state index contributed by atoms with van der Waals surface area (Å²) in [5.74, 6) is -0.251. The Morgan fingerprint density at radius 2 is 1.81 bits per heavy atom. The number of nitrogens with two attached hydrogens (primary N) is 1. The molecule has 0 bridgehead atoms. The summed E-state index contributed by atoms with van der Waals surface area (Å²) < 4.78 is 19.3. The van der Waals surface area contributed by atoms with Gasteiger partial charge in [0.05, 0.1) is 17.5 Å². The first-order valence-corrected chi connectivity index (χ1v) is 6.96. The number of rotatable bonds is 4. The molecule has 0 amide bonds. The highest BCUT2D eigenvalue weighted by molar-refractivity contribution is 5.75. The zero-order valence-corrected chi connectivity index (χ0v) is 12.8. The van der Waals surface area contributed by atoms with Crippen LogP contribution in [0.5, 0.6) is 5.75 Å². The molecule has 2 rings (SSSR count). The van der Waals surface area contributed by atoms with Crippen LogP contribution in [0, 0.1) is 19.7 Å². The molecule has 0 aliphatic heterocycles. The van der Waals surface area contributed by atoms with Gasteiger partial charge in [-0.15, -0.1) is 0 Å². The minimum absolute atomic E-state index is 0.0999. The van der Waals surface area contributed by atoms with Crippen molar-refractivity contribution in [3.05, 3.63) is 47.3 Å². The van der Waals surface area contributed by atoms with Crippen molar-refractivity contribution in [3.63, 3.8) is 0 Å². The Morgan fingerprint density at radius 3 is 2.43 bits per heavy atom. The van der Waals surface area contributed by atoms with Crippen LogP contribution in [0.2, 0.25) is 0 Å². The zero-order valence-electron chi connectivity index (χ0n) is 12.8. The second kappa shape index (κ2) is 6.04. The lowest BCUT2D eigenvalue weighted by atomic mass is 10.1. The molecule has 0 radical (unpaired) electrons. The normalized spacial score (nSPS) is 10.8. The largest absolute Gasteiger partial charge is 0.488 e. The third-order valence-electron chi connectivity index (χ3n) is 3.12. The average Bonchev–Trinajstić information content (AvgIpc) is 2.37. The molecule has 3 N–H and O–H groups in total. The van der Waals surface area contributed by atoms with Gasteiger partial charge in [0.2, 0.25) is 0 Å². The van der Waals surface area contributed by atoms with E-state index in [2.05, 4.69) is 11.4 Å². The highest BCUT2D eigenvalue weighted by atomic mass is 19.1. The van der Waals surface area contributed by atoms with Gasteiger partial charge in [0.1, 0.15) is 0 Å². The number of anilines is 3. The van der Waals surface area contributed by atoms with Gasteiger partial charge in [-0.05, 0) is 39.3 Å². The van der Waals surface area contributed by atoms with E-state index >= 15 is 0 Å².